The van der Waals surface area contributed by atoms with Gasteiger partial charge in [0.15, 0.2) is 17.3 Å². The molecule has 3 rings (SSSR count). The molecule has 36 heavy (non-hydrogen) atoms. The fraction of sp³-hybridized carbons (Fsp3) is 0.217. The molecule has 0 saturated carbocycles. The first-order valence-electron chi connectivity index (χ1n) is 10.5. The molecule has 0 unspecified atom stereocenters. The predicted octanol–water partition coefficient (Wildman–Crippen LogP) is 5.37. The highest BCUT2D eigenvalue weighted by atomic mass is 35.5. The maximum Gasteiger partial charge on any atom is 0.272 e. The van der Waals surface area contributed by atoms with Crippen molar-refractivity contribution in [2.75, 3.05) is 18.4 Å². The van der Waals surface area contributed by atoms with Gasteiger partial charge in [-0.25, -0.2) is 13.8 Å². The number of anilines is 1. The Kier molecular flexibility index (Phi) is 12.3. The molecule has 0 aliphatic carbocycles. The summed E-state index contributed by atoms with van der Waals surface area (Å²) >= 11 is 5.81. The summed E-state index contributed by atoms with van der Waals surface area (Å²) in [5, 5.41) is 11.3. The first-order valence-corrected chi connectivity index (χ1v) is 10.8. The molecule has 3 N–H and O–H groups in total. The number of aliphatic imine (C=N–C) groups is 1. The number of amides is 2. The summed E-state index contributed by atoms with van der Waals surface area (Å²) in [6.07, 6.45) is 1.78. The van der Waals surface area contributed by atoms with Gasteiger partial charge in [0.25, 0.3) is 11.8 Å². The van der Waals surface area contributed by atoms with Gasteiger partial charge in [-0.2, -0.15) is 5.10 Å². The zero-order valence-electron chi connectivity index (χ0n) is 19.3. The van der Waals surface area contributed by atoms with Crippen LogP contribution in [0.4, 0.5) is 20.3 Å². The molecular formula is C23H25Cl3F2N6O2. The second-order valence-corrected chi connectivity index (χ2v) is 7.59. The van der Waals surface area contributed by atoms with Crippen LogP contribution in [0, 0.1) is 11.6 Å². The Morgan fingerprint density at radius 2 is 1.78 bits per heavy atom. The number of carbonyl (C=O) groups is 2. The van der Waals surface area contributed by atoms with Crippen LogP contribution in [0.25, 0.3) is 0 Å². The highest BCUT2D eigenvalue weighted by molar-refractivity contribution is 6.34. The normalized spacial score (nSPS) is 10.4. The van der Waals surface area contributed by atoms with Gasteiger partial charge in [0.1, 0.15) is 5.82 Å². The van der Waals surface area contributed by atoms with E-state index >= 15 is 0 Å². The quantitative estimate of drug-likeness (QED) is 0.186. The molecule has 0 spiro atoms. The van der Waals surface area contributed by atoms with E-state index in [0.29, 0.717) is 12.1 Å². The van der Waals surface area contributed by atoms with Crippen LogP contribution in [0.2, 0.25) is 5.02 Å². The first kappa shape index (κ1) is 30.8. The molecule has 0 aliphatic rings. The smallest absolute Gasteiger partial charge is 0.272 e. The molecule has 3 aromatic rings. The topological polar surface area (TPSA) is 102 Å². The Morgan fingerprint density at radius 1 is 1.08 bits per heavy atom. The van der Waals surface area contributed by atoms with Gasteiger partial charge in [0, 0.05) is 25.7 Å². The van der Waals surface area contributed by atoms with Gasteiger partial charge in [0.05, 0.1) is 22.6 Å². The molecule has 1 heterocycles. The minimum Gasteiger partial charge on any atom is -0.363 e. The van der Waals surface area contributed by atoms with E-state index in [9.17, 15) is 18.4 Å². The molecule has 1 aromatic heterocycles. The molecule has 8 nitrogen and oxygen atoms in total. The van der Waals surface area contributed by atoms with Crippen molar-refractivity contribution in [1.29, 1.82) is 0 Å². The highest BCUT2D eigenvalue weighted by Crippen LogP contribution is 2.21. The SMILES string of the molecule is CCN(C=Nc1cccc(CNC(=O)c2cc(NC(=O)c3cc(F)c(F)cc3Cl)[nH]n2)c1)CC.Cl.Cl. The lowest BCUT2D eigenvalue weighted by Crippen LogP contribution is -2.23. The fourth-order valence-corrected chi connectivity index (χ4v) is 3.18. The van der Waals surface area contributed by atoms with Gasteiger partial charge in [-0.3, -0.25) is 14.7 Å². The summed E-state index contributed by atoms with van der Waals surface area (Å²) in [4.78, 5) is 31.3. The predicted molar refractivity (Wildman–Crippen MR) is 141 cm³/mol. The van der Waals surface area contributed by atoms with Crippen molar-refractivity contribution in [2.24, 2.45) is 4.99 Å². The molecule has 0 radical (unpaired) electrons. The Balaban J connectivity index is 0.00000324. The molecule has 2 amide bonds. The van der Waals surface area contributed by atoms with Gasteiger partial charge in [0.2, 0.25) is 0 Å². The number of aromatic nitrogens is 2. The van der Waals surface area contributed by atoms with E-state index < -0.39 is 23.4 Å². The van der Waals surface area contributed by atoms with Crippen LogP contribution in [0.15, 0.2) is 47.5 Å². The molecule has 13 heteroatoms. The number of nitrogens with one attached hydrogen (secondary N) is 3. The number of benzene rings is 2. The zero-order valence-corrected chi connectivity index (χ0v) is 21.7. The van der Waals surface area contributed by atoms with Crippen LogP contribution < -0.4 is 10.6 Å². The van der Waals surface area contributed by atoms with Crippen molar-refractivity contribution in [3.05, 3.63) is 75.9 Å². The zero-order chi connectivity index (χ0) is 24.7. The van der Waals surface area contributed by atoms with E-state index in [1.54, 1.807) is 6.34 Å². The van der Waals surface area contributed by atoms with E-state index in [1.165, 1.54) is 6.07 Å². The van der Waals surface area contributed by atoms with Crippen LogP contribution in [0.3, 0.4) is 0 Å². The maximum atomic E-state index is 13.4. The Bertz CT molecular complexity index is 1220. The average Bonchev–Trinajstić information content (AvgIpc) is 3.29. The van der Waals surface area contributed by atoms with Gasteiger partial charge < -0.3 is 15.5 Å². The number of hydrogen-bond donors (Lipinski definition) is 3. The van der Waals surface area contributed by atoms with E-state index in [-0.39, 0.29) is 53.5 Å². The highest BCUT2D eigenvalue weighted by Gasteiger charge is 2.17. The van der Waals surface area contributed by atoms with Crippen molar-refractivity contribution in [2.45, 2.75) is 20.4 Å². The summed E-state index contributed by atoms with van der Waals surface area (Å²) in [6.45, 7) is 6.05. The van der Waals surface area contributed by atoms with Crippen molar-refractivity contribution in [3.63, 3.8) is 0 Å². The largest absolute Gasteiger partial charge is 0.363 e. The summed E-state index contributed by atoms with van der Waals surface area (Å²) in [5.41, 5.74) is 1.38. The molecule has 0 fully saturated rings. The monoisotopic (exact) mass is 560 g/mol. The second-order valence-electron chi connectivity index (χ2n) is 7.19. The van der Waals surface area contributed by atoms with Crippen LogP contribution in [-0.2, 0) is 6.54 Å². The lowest BCUT2D eigenvalue weighted by molar-refractivity contribution is 0.0945. The first-order chi connectivity index (χ1) is 16.3. The standard InChI is InChI=1S/C23H23ClF2N6O2.2ClH/c1-3-32(4-2)13-28-15-7-5-6-14(8-15)12-27-23(34)20-11-21(31-30-20)29-22(33)16-9-18(25)19(26)10-17(16)24;;/h5-11,13H,3-4,12H2,1-2H3,(H,27,34)(H2,29,30,31,33);2*1H. The fourth-order valence-electron chi connectivity index (χ4n) is 2.94. The molecule has 194 valence electrons. The van der Waals surface area contributed by atoms with Crippen molar-refractivity contribution >= 4 is 66.1 Å². The van der Waals surface area contributed by atoms with Crippen molar-refractivity contribution < 1.29 is 18.4 Å². The summed E-state index contributed by atoms with van der Waals surface area (Å²) in [6, 6.07) is 10.2. The van der Waals surface area contributed by atoms with Crippen molar-refractivity contribution in [3.8, 4) is 0 Å². The number of H-pyrrole nitrogens is 1. The number of hydrogen-bond acceptors (Lipinski definition) is 4. The molecule has 2 aromatic carbocycles. The Morgan fingerprint density at radius 3 is 2.47 bits per heavy atom. The third-order valence-corrected chi connectivity index (χ3v) is 5.17. The van der Waals surface area contributed by atoms with E-state index in [4.69, 9.17) is 11.6 Å². The van der Waals surface area contributed by atoms with Crippen LogP contribution >= 0.6 is 36.4 Å². The molecule has 0 bridgehead atoms. The number of rotatable bonds is 9. The van der Waals surface area contributed by atoms with Gasteiger partial charge in [-0.05, 0) is 43.7 Å². The average molecular weight is 562 g/mol. The summed E-state index contributed by atoms with van der Waals surface area (Å²) in [5.74, 6) is -3.55. The minimum atomic E-state index is -1.21. The number of carbonyl (C=O) groups excluding carboxylic acids is 2. The third kappa shape index (κ3) is 8.18. The summed E-state index contributed by atoms with van der Waals surface area (Å²) < 4.78 is 26.6. The molecule has 0 aliphatic heterocycles. The molecule has 0 saturated heterocycles. The van der Waals surface area contributed by atoms with Gasteiger partial charge >= 0.3 is 0 Å². The minimum absolute atomic E-state index is 0. The van der Waals surface area contributed by atoms with Crippen molar-refractivity contribution in [1.82, 2.24) is 20.4 Å². The van der Waals surface area contributed by atoms with Crippen LogP contribution in [-0.4, -0.2) is 46.3 Å². The van der Waals surface area contributed by atoms with E-state index in [0.717, 1.165) is 24.3 Å². The Hall–Kier alpha value is -3.21. The number of nitrogens with zero attached hydrogens (tertiary/aromatic N) is 3. The molecular weight excluding hydrogens is 537 g/mol. The molecule has 0 atom stereocenters. The van der Waals surface area contributed by atoms with Gasteiger partial charge in [-0.15, -0.1) is 24.8 Å². The number of halogens is 5. The Labute approximate surface area is 224 Å². The van der Waals surface area contributed by atoms with Gasteiger partial charge in [-0.1, -0.05) is 23.7 Å². The van der Waals surface area contributed by atoms with Crippen LogP contribution in [0.1, 0.15) is 40.3 Å². The lowest BCUT2D eigenvalue weighted by Gasteiger charge is -2.13. The lowest BCUT2D eigenvalue weighted by atomic mass is 10.2. The van der Waals surface area contributed by atoms with E-state index in [1.807, 2.05) is 38.1 Å². The summed E-state index contributed by atoms with van der Waals surface area (Å²) in [7, 11) is 0. The second kappa shape index (κ2) is 14.4. The van der Waals surface area contributed by atoms with Crippen LogP contribution in [0.5, 0.6) is 0 Å². The third-order valence-electron chi connectivity index (χ3n) is 4.86. The maximum absolute atomic E-state index is 13.4. The number of aromatic amines is 1. The van der Waals surface area contributed by atoms with E-state index in [2.05, 4.69) is 30.7 Å².